The lowest BCUT2D eigenvalue weighted by Crippen LogP contribution is -2.25. The minimum absolute atomic E-state index is 0.0210. The zero-order valence-corrected chi connectivity index (χ0v) is 13.7. The molecule has 7 heteroatoms. The molecule has 0 aliphatic carbocycles. The van der Waals surface area contributed by atoms with Crippen LogP contribution in [0, 0.1) is 17.0 Å². The molecule has 0 radical (unpaired) electrons. The van der Waals surface area contributed by atoms with Gasteiger partial charge in [0.2, 0.25) is 5.91 Å². The molecule has 2 amide bonds. The van der Waals surface area contributed by atoms with Crippen molar-refractivity contribution in [3.05, 3.63) is 63.7 Å². The maximum absolute atomic E-state index is 12.5. The first-order valence-electron chi connectivity index (χ1n) is 7.93. The summed E-state index contributed by atoms with van der Waals surface area (Å²) >= 11 is 0. The van der Waals surface area contributed by atoms with Gasteiger partial charge in [-0.15, -0.1) is 0 Å². The van der Waals surface area contributed by atoms with Crippen LogP contribution >= 0.6 is 0 Å². The first-order valence-corrected chi connectivity index (χ1v) is 7.93. The Balaban J connectivity index is 1.88. The number of carbonyl (C=O) groups is 2. The van der Waals surface area contributed by atoms with Gasteiger partial charge in [-0.1, -0.05) is 18.2 Å². The molecule has 25 heavy (non-hydrogen) atoms. The van der Waals surface area contributed by atoms with Crippen LogP contribution in [-0.4, -0.2) is 23.3 Å². The van der Waals surface area contributed by atoms with E-state index in [-0.39, 0.29) is 17.2 Å². The summed E-state index contributed by atoms with van der Waals surface area (Å²) in [4.78, 5) is 36.7. The standard InChI is InChI=1S/C18H17N3O4/c1-12-8-9-13(11-16(12)21(24)25)18(23)19-14-5-2-3-6-15(14)20-10-4-7-17(20)22/h2-3,5-6,8-9,11H,4,7,10H2,1H3,(H,19,23). The van der Waals surface area contributed by atoms with Crippen LogP contribution in [0.3, 0.4) is 0 Å². The maximum atomic E-state index is 12.5. The largest absolute Gasteiger partial charge is 0.320 e. The molecule has 1 heterocycles. The van der Waals surface area contributed by atoms with Crippen molar-refractivity contribution < 1.29 is 14.5 Å². The molecule has 1 aliphatic rings. The molecular formula is C18H17N3O4. The van der Waals surface area contributed by atoms with Gasteiger partial charge in [-0.05, 0) is 31.5 Å². The van der Waals surface area contributed by atoms with Gasteiger partial charge in [0.1, 0.15) is 0 Å². The molecule has 1 aliphatic heterocycles. The van der Waals surface area contributed by atoms with E-state index in [2.05, 4.69) is 5.32 Å². The number of anilines is 2. The highest BCUT2D eigenvalue weighted by atomic mass is 16.6. The van der Waals surface area contributed by atoms with Crippen LogP contribution in [0.1, 0.15) is 28.8 Å². The first kappa shape index (κ1) is 16.6. The molecule has 1 fully saturated rings. The van der Waals surface area contributed by atoms with E-state index in [1.54, 1.807) is 48.2 Å². The van der Waals surface area contributed by atoms with Gasteiger partial charge < -0.3 is 10.2 Å². The fourth-order valence-electron chi connectivity index (χ4n) is 2.86. The molecule has 0 atom stereocenters. The third-order valence-corrected chi connectivity index (χ3v) is 4.18. The molecule has 7 nitrogen and oxygen atoms in total. The van der Waals surface area contributed by atoms with E-state index in [1.807, 2.05) is 0 Å². The van der Waals surface area contributed by atoms with E-state index in [9.17, 15) is 19.7 Å². The Bertz CT molecular complexity index is 863. The topological polar surface area (TPSA) is 92.6 Å². The highest BCUT2D eigenvalue weighted by Gasteiger charge is 2.24. The minimum atomic E-state index is -0.511. The number of hydrogen-bond donors (Lipinski definition) is 1. The number of nitrogens with one attached hydrogen (secondary N) is 1. The number of aryl methyl sites for hydroxylation is 1. The molecule has 2 aromatic rings. The highest BCUT2D eigenvalue weighted by Crippen LogP contribution is 2.30. The molecule has 3 rings (SSSR count). The monoisotopic (exact) mass is 339 g/mol. The second-order valence-corrected chi connectivity index (χ2v) is 5.88. The van der Waals surface area contributed by atoms with Gasteiger partial charge in [0.05, 0.1) is 16.3 Å². The van der Waals surface area contributed by atoms with Crippen LogP contribution in [0.25, 0.3) is 0 Å². The minimum Gasteiger partial charge on any atom is -0.320 e. The van der Waals surface area contributed by atoms with Crippen molar-refractivity contribution in [2.75, 3.05) is 16.8 Å². The molecule has 0 unspecified atom stereocenters. The van der Waals surface area contributed by atoms with Gasteiger partial charge >= 0.3 is 0 Å². The Hall–Kier alpha value is -3.22. The molecule has 1 N–H and O–H groups in total. The predicted molar refractivity (Wildman–Crippen MR) is 93.8 cm³/mol. The summed E-state index contributed by atoms with van der Waals surface area (Å²) in [7, 11) is 0. The van der Waals surface area contributed by atoms with Gasteiger partial charge in [-0.3, -0.25) is 19.7 Å². The number of hydrogen-bond acceptors (Lipinski definition) is 4. The van der Waals surface area contributed by atoms with Crippen molar-refractivity contribution in [1.29, 1.82) is 0 Å². The van der Waals surface area contributed by atoms with Gasteiger partial charge in [-0.25, -0.2) is 0 Å². The molecule has 0 aromatic heterocycles. The van der Waals surface area contributed by atoms with E-state index < -0.39 is 10.8 Å². The van der Waals surface area contributed by atoms with E-state index in [0.717, 1.165) is 6.42 Å². The Kier molecular flexibility index (Phi) is 4.47. The smallest absolute Gasteiger partial charge is 0.273 e. The number of nitro groups is 1. The Morgan fingerprint density at radius 3 is 2.68 bits per heavy atom. The van der Waals surface area contributed by atoms with Crippen LogP contribution < -0.4 is 10.2 Å². The second-order valence-electron chi connectivity index (χ2n) is 5.88. The summed E-state index contributed by atoms with van der Waals surface area (Å²) in [5, 5.41) is 13.8. The van der Waals surface area contributed by atoms with Crippen molar-refractivity contribution in [3.63, 3.8) is 0 Å². The highest BCUT2D eigenvalue weighted by molar-refractivity contribution is 6.08. The summed E-state index contributed by atoms with van der Waals surface area (Å²) in [6.07, 6.45) is 1.28. The van der Waals surface area contributed by atoms with Gasteiger partial charge in [0.25, 0.3) is 11.6 Å². The van der Waals surface area contributed by atoms with Gasteiger partial charge in [0.15, 0.2) is 0 Å². The molecule has 128 valence electrons. The SMILES string of the molecule is Cc1ccc(C(=O)Nc2ccccc2N2CCCC2=O)cc1[N+](=O)[O-]. The fourth-order valence-corrected chi connectivity index (χ4v) is 2.86. The Morgan fingerprint density at radius 2 is 2.00 bits per heavy atom. The first-order chi connectivity index (χ1) is 12.0. The van der Waals surface area contributed by atoms with Crippen LogP contribution in [0.5, 0.6) is 0 Å². The van der Waals surface area contributed by atoms with Crippen LogP contribution in [0.2, 0.25) is 0 Å². The van der Waals surface area contributed by atoms with Gasteiger partial charge in [-0.2, -0.15) is 0 Å². The number of nitrogens with zero attached hydrogens (tertiary/aromatic N) is 2. The van der Waals surface area contributed by atoms with Crippen LogP contribution in [0.4, 0.5) is 17.1 Å². The molecule has 0 spiro atoms. The van der Waals surface area contributed by atoms with Crippen LogP contribution in [0.15, 0.2) is 42.5 Å². The van der Waals surface area contributed by atoms with Crippen LogP contribution in [-0.2, 0) is 4.79 Å². The third-order valence-electron chi connectivity index (χ3n) is 4.18. The van der Waals surface area contributed by atoms with Crippen molar-refractivity contribution in [2.24, 2.45) is 0 Å². The number of amides is 2. The van der Waals surface area contributed by atoms with Crippen molar-refractivity contribution >= 4 is 28.9 Å². The lowest BCUT2D eigenvalue weighted by molar-refractivity contribution is -0.385. The van der Waals surface area contributed by atoms with E-state index in [1.165, 1.54) is 6.07 Å². The van der Waals surface area contributed by atoms with Gasteiger partial charge in [0, 0.05) is 30.2 Å². The average Bonchev–Trinajstić information content (AvgIpc) is 3.01. The zero-order valence-electron chi connectivity index (χ0n) is 13.7. The molecule has 0 saturated carbocycles. The van der Waals surface area contributed by atoms with E-state index >= 15 is 0 Å². The third kappa shape index (κ3) is 3.35. The maximum Gasteiger partial charge on any atom is 0.273 e. The molecule has 2 aromatic carbocycles. The summed E-state index contributed by atoms with van der Waals surface area (Å²) in [6.45, 7) is 2.23. The van der Waals surface area contributed by atoms with Crippen molar-refractivity contribution in [1.82, 2.24) is 0 Å². The van der Waals surface area contributed by atoms with Crippen molar-refractivity contribution in [3.8, 4) is 0 Å². The Morgan fingerprint density at radius 1 is 1.24 bits per heavy atom. The quantitative estimate of drug-likeness (QED) is 0.683. The number of benzene rings is 2. The normalized spacial score (nSPS) is 13.8. The van der Waals surface area contributed by atoms with Crippen molar-refractivity contribution in [2.45, 2.75) is 19.8 Å². The zero-order chi connectivity index (χ0) is 18.0. The second kappa shape index (κ2) is 6.72. The number of nitro benzene ring substituents is 1. The molecular weight excluding hydrogens is 322 g/mol. The Labute approximate surface area is 144 Å². The van der Waals surface area contributed by atoms with E-state index in [0.29, 0.717) is 29.9 Å². The summed E-state index contributed by atoms with van der Waals surface area (Å²) in [5.74, 6) is -0.435. The number of carbonyl (C=O) groups excluding carboxylic acids is 2. The number of rotatable bonds is 4. The summed E-state index contributed by atoms with van der Waals surface area (Å²) < 4.78 is 0. The molecule has 0 bridgehead atoms. The molecule has 1 saturated heterocycles. The number of para-hydroxylation sites is 2. The predicted octanol–water partition coefficient (Wildman–Crippen LogP) is 3.28. The van der Waals surface area contributed by atoms with E-state index in [4.69, 9.17) is 0 Å². The lowest BCUT2D eigenvalue weighted by atomic mass is 10.1. The summed E-state index contributed by atoms with van der Waals surface area (Å²) in [5.41, 5.74) is 1.73. The lowest BCUT2D eigenvalue weighted by Gasteiger charge is -2.20. The summed E-state index contributed by atoms with van der Waals surface area (Å²) in [6, 6.07) is 11.4. The average molecular weight is 339 g/mol. The fraction of sp³-hybridized carbons (Fsp3) is 0.222.